The van der Waals surface area contributed by atoms with Gasteiger partial charge in [0.1, 0.15) is 5.82 Å². The van der Waals surface area contributed by atoms with Gasteiger partial charge >= 0.3 is 0 Å². The number of rotatable bonds is 8. The number of carbonyl (C=O) groups excluding carboxylic acids is 1. The Morgan fingerprint density at radius 1 is 1.23 bits per heavy atom. The maximum Gasteiger partial charge on any atom is 0.224 e. The highest BCUT2D eigenvalue weighted by molar-refractivity contribution is 6.32. The minimum absolute atomic E-state index is 0.145. The molecule has 3 aromatic rings. The molecule has 3 rings (SSSR count). The van der Waals surface area contributed by atoms with Crippen molar-refractivity contribution in [3.8, 4) is 17.2 Å². The van der Waals surface area contributed by atoms with Gasteiger partial charge in [0.25, 0.3) is 0 Å². The molecule has 1 N–H and O–H groups in total. The van der Waals surface area contributed by atoms with Crippen LogP contribution in [0.1, 0.15) is 29.4 Å². The van der Waals surface area contributed by atoms with Crippen molar-refractivity contribution in [1.82, 2.24) is 15.1 Å². The lowest BCUT2D eigenvalue weighted by atomic mass is 10.1. The van der Waals surface area contributed by atoms with Crippen molar-refractivity contribution in [2.45, 2.75) is 33.7 Å². The number of amides is 1. The van der Waals surface area contributed by atoms with Gasteiger partial charge in [0.15, 0.2) is 11.5 Å². The molecule has 0 saturated carbocycles. The molecule has 1 amide bonds. The van der Waals surface area contributed by atoms with Crippen molar-refractivity contribution in [3.05, 3.63) is 69.8 Å². The number of carbonyl (C=O) groups is 1. The summed E-state index contributed by atoms with van der Waals surface area (Å²) >= 11 is 6.30. The fourth-order valence-corrected chi connectivity index (χ4v) is 3.64. The number of nitrogens with one attached hydrogen (secondary N) is 1. The van der Waals surface area contributed by atoms with E-state index in [-0.39, 0.29) is 18.1 Å². The maximum absolute atomic E-state index is 13.2. The van der Waals surface area contributed by atoms with E-state index in [0.717, 1.165) is 28.2 Å². The van der Waals surface area contributed by atoms with Gasteiger partial charge in [0, 0.05) is 17.8 Å². The SMILES string of the molecule is CCOc1c(Cl)cc(CNC(=O)Cc2c(C)nn(-c3ccc(F)cc3)c2C)cc1OC. The minimum atomic E-state index is -0.309. The Labute approximate surface area is 185 Å². The number of aryl methyl sites for hydroxylation is 1. The summed E-state index contributed by atoms with van der Waals surface area (Å²) < 4.78 is 25.8. The highest BCUT2D eigenvalue weighted by atomic mass is 35.5. The van der Waals surface area contributed by atoms with Crippen LogP contribution in [-0.4, -0.2) is 29.4 Å². The van der Waals surface area contributed by atoms with E-state index in [2.05, 4.69) is 10.4 Å². The summed E-state index contributed by atoms with van der Waals surface area (Å²) in [6.45, 7) is 6.38. The highest BCUT2D eigenvalue weighted by Gasteiger charge is 2.17. The second-order valence-corrected chi connectivity index (χ2v) is 7.44. The van der Waals surface area contributed by atoms with E-state index >= 15 is 0 Å². The van der Waals surface area contributed by atoms with Gasteiger partial charge in [0.2, 0.25) is 5.91 Å². The lowest BCUT2D eigenvalue weighted by Gasteiger charge is -2.13. The first-order valence-corrected chi connectivity index (χ1v) is 10.3. The number of methoxy groups -OCH3 is 1. The molecule has 0 unspecified atom stereocenters. The number of hydrogen-bond donors (Lipinski definition) is 1. The summed E-state index contributed by atoms with van der Waals surface area (Å²) in [4.78, 5) is 12.6. The van der Waals surface area contributed by atoms with Crippen LogP contribution in [0.2, 0.25) is 5.02 Å². The molecule has 31 heavy (non-hydrogen) atoms. The predicted molar refractivity (Wildman–Crippen MR) is 118 cm³/mol. The number of benzene rings is 2. The molecule has 2 aromatic carbocycles. The van der Waals surface area contributed by atoms with Gasteiger partial charge in [-0.1, -0.05) is 11.6 Å². The molecule has 0 saturated heterocycles. The normalized spacial score (nSPS) is 10.8. The zero-order chi connectivity index (χ0) is 22.5. The topological polar surface area (TPSA) is 65.4 Å². The molecule has 0 aliphatic carbocycles. The first-order valence-electron chi connectivity index (χ1n) is 9.91. The fraction of sp³-hybridized carbons (Fsp3) is 0.304. The van der Waals surface area contributed by atoms with Gasteiger partial charge in [-0.25, -0.2) is 9.07 Å². The Kier molecular flexibility index (Phi) is 7.17. The monoisotopic (exact) mass is 445 g/mol. The van der Waals surface area contributed by atoms with Crippen LogP contribution in [0.25, 0.3) is 5.69 Å². The molecule has 8 heteroatoms. The van der Waals surface area contributed by atoms with Gasteiger partial charge in [-0.15, -0.1) is 0 Å². The first kappa shape index (κ1) is 22.6. The molecule has 0 spiro atoms. The molecule has 0 aliphatic heterocycles. The van der Waals surface area contributed by atoms with Crippen LogP contribution in [0.4, 0.5) is 4.39 Å². The zero-order valence-corrected chi connectivity index (χ0v) is 18.7. The van der Waals surface area contributed by atoms with E-state index < -0.39 is 0 Å². The van der Waals surface area contributed by atoms with Crippen LogP contribution in [0.3, 0.4) is 0 Å². The molecule has 0 aliphatic rings. The maximum atomic E-state index is 13.2. The van der Waals surface area contributed by atoms with Crippen molar-refractivity contribution < 1.29 is 18.7 Å². The van der Waals surface area contributed by atoms with Gasteiger partial charge in [-0.05, 0) is 62.7 Å². The Balaban J connectivity index is 1.70. The van der Waals surface area contributed by atoms with Crippen molar-refractivity contribution in [3.63, 3.8) is 0 Å². The van der Waals surface area contributed by atoms with E-state index in [0.29, 0.717) is 29.7 Å². The quantitative estimate of drug-likeness (QED) is 0.552. The summed E-state index contributed by atoms with van der Waals surface area (Å²) in [7, 11) is 1.54. The number of ether oxygens (including phenoxy) is 2. The standard InChI is InChI=1S/C23H25ClFN3O3/c1-5-31-23-20(24)10-16(11-21(23)30-4)13-26-22(29)12-19-14(2)27-28(15(19)3)18-8-6-17(25)7-9-18/h6-11H,5,12-13H2,1-4H3,(H,26,29). The Morgan fingerprint density at radius 3 is 2.58 bits per heavy atom. The molecule has 1 aromatic heterocycles. The van der Waals surface area contributed by atoms with Gasteiger partial charge in [-0.3, -0.25) is 4.79 Å². The Bertz CT molecular complexity index is 1080. The Hall–Kier alpha value is -3.06. The fourth-order valence-electron chi connectivity index (χ4n) is 3.35. The van der Waals surface area contributed by atoms with Gasteiger partial charge in [-0.2, -0.15) is 5.10 Å². The average molecular weight is 446 g/mol. The van der Waals surface area contributed by atoms with Crippen LogP contribution < -0.4 is 14.8 Å². The molecular weight excluding hydrogens is 421 g/mol. The van der Waals surface area contributed by atoms with Crippen LogP contribution in [0.5, 0.6) is 11.5 Å². The molecular formula is C23H25ClFN3O3. The van der Waals surface area contributed by atoms with Crippen LogP contribution in [-0.2, 0) is 17.8 Å². The van der Waals surface area contributed by atoms with E-state index in [1.807, 2.05) is 20.8 Å². The van der Waals surface area contributed by atoms with Crippen molar-refractivity contribution in [2.24, 2.45) is 0 Å². The molecule has 6 nitrogen and oxygen atoms in total. The first-order chi connectivity index (χ1) is 14.8. The molecule has 1 heterocycles. The third-order valence-corrected chi connectivity index (χ3v) is 5.20. The van der Waals surface area contributed by atoms with E-state index in [4.69, 9.17) is 21.1 Å². The average Bonchev–Trinajstić information content (AvgIpc) is 3.02. The number of aromatic nitrogens is 2. The van der Waals surface area contributed by atoms with E-state index in [9.17, 15) is 9.18 Å². The summed E-state index contributed by atoms with van der Waals surface area (Å²) in [5.41, 5.74) is 3.97. The molecule has 0 radical (unpaired) electrons. The van der Waals surface area contributed by atoms with Crippen LogP contribution >= 0.6 is 11.6 Å². The third-order valence-electron chi connectivity index (χ3n) is 4.92. The smallest absolute Gasteiger partial charge is 0.224 e. The summed E-state index contributed by atoms with van der Waals surface area (Å²) in [6.07, 6.45) is 0.181. The molecule has 0 bridgehead atoms. The molecule has 0 fully saturated rings. The summed E-state index contributed by atoms with van der Waals surface area (Å²) in [6, 6.07) is 9.62. The van der Waals surface area contributed by atoms with E-state index in [1.54, 1.807) is 36.1 Å². The number of nitrogens with zero attached hydrogens (tertiary/aromatic N) is 2. The zero-order valence-electron chi connectivity index (χ0n) is 18.0. The molecule has 164 valence electrons. The van der Waals surface area contributed by atoms with Crippen molar-refractivity contribution in [1.29, 1.82) is 0 Å². The van der Waals surface area contributed by atoms with Gasteiger partial charge < -0.3 is 14.8 Å². The second-order valence-electron chi connectivity index (χ2n) is 7.03. The molecule has 0 atom stereocenters. The van der Waals surface area contributed by atoms with Crippen molar-refractivity contribution >= 4 is 17.5 Å². The largest absolute Gasteiger partial charge is 0.493 e. The van der Waals surface area contributed by atoms with Crippen molar-refractivity contribution in [2.75, 3.05) is 13.7 Å². The lowest BCUT2D eigenvalue weighted by molar-refractivity contribution is -0.120. The van der Waals surface area contributed by atoms with Crippen LogP contribution in [0, 0.1) is 19.7 Å². The number of hydrogen-bond acceptors (Lipinski definition) is 4. The minimum Gasteiger partial charge on any atom is -0.493 e. The predicted octanol–water partition coefficient (Wildman–Crippen LogP) is 4.55. The Morgan fingerprint density at radius 2 is 1.94 bits per heavy atom. The van der Waals surface area contributed by atoms with E-state index in [1.165, 1.54) is 12.1 Å². The van der Waals surface area contributed by atoms with Crippen LogP contribution in [0.15, 0.2) is 36.4 Å². The third kappa shape index (κ3) is 5.17. The summed E-state index contributed by atoms with van der Waals surface area (Å²) in [5, 5.41) is 7.85. The van der Waals surface area contributed by atoms with Gasteiger partial charge in [0.05, 0.1) is 36.5 Å². The lowest BCUT2D eigenvalue weighted by Crippen LogP contribution is -2.25. The summed E-state index contributed by atoms with van der Waals surface area (Å²) in [5.74, 6) is 0.553. The highest BCUT2D eigenvalue weighted by Crippen LogP contribution is 2.36. The number of halogens is 2. The second kappa shape index (κ2) is 9.83.